The van der Waals surface area contributed by atoms with Crippen LogP contribution in [0.5, 0.6) is 0 Å². The van der Waals surface area contributed by atoms with Gasteiger partial charge >= 0.3 is 5.97 Å². The Kier molecular flexibility index (Phi) is 8.52. The van der Waals surface area contributed by atoms with Crippen molar-refractivity contribution < 1.29 is 28.3 Å². The molecule has 37 heavy (non-hydrogen) atoms. The Morgan fingerprint density at radius 1 is 1.14 bits per heavy atom. The minimum atomic E-state index is -0.616. The minimum absolute atomic E-state index is 0.1000. The van der Waals surface area contributed by atoms with Crippen molar-refractivity contribution in [2.45, 2.75) is 13.3 Å². The van der Waals surface area contributed by atoms with Gasteiger partial charge in [-0.05, 0) is 60.6 Å². The first-order valence-corrected chi connectivity index (χ1v) is 13.1. The molecule has 0 aliphatic carbocycles. The first-order chi connectivity index (χ1) is 17.7. The molecule has 1 aliphatic heterocycles. The predicted octanol–water partition coefficient (Wildman–Crippen LogP) is 6.60. The molecule has 2 heterocycles. The lowest BCUT2D eigenvalue weighted by molar-refractivity contribution is -0.127. The number of nitrogens with one attached hydrogen (secondary N) is 1. The highest BCUT2D eigenvalue weighted by Gasteiger charge is 2.36. The van der Waals surface area contributed by atoms with Gasteiger partial charge in [0.25, 0.3) is 11.1 Å². The lowest BCUT2D eigenvalue weighted by Gasteiger charge is -2.13. The van der Waals surface area contributed by atoms with Crippen LogP contribution in [0.1, 0.15) is 29.5 Å². The van der Waals surface area contributed by atoms with E-state index in [1.807, 2.05) is 31.2 Å². The van der Waals surface area contributed by atoms with Gasteiger partial charge in [-0.25, -0.2) is 4.79 Å². The number of hydrogen-bond acceptors (Lipinski definition) is 7. The van der Waals surface area contributed by atoms with Crippen molar-refractivity contribution in [1.82, 2.24) is 4.90 Å². The quantitative estimate of drug-likeness (QED) is 0.228. The van der Waals surface area contributed by atoms with E-state index >= 15 is 0 Å². The van der Waals surface area contributed by atoms with Gasteiger partial charge in [0, 0.05) is 21.8 Å². The van der Waals surface area contributed by atoms with E-state index in [2.05, 4.69) is 21.2 Å². The summed E-state index contributed by atoms with van der Waals surface area (Å²) in [6.45, 7) is 1.60. The fourth-order valence-corrected chi connectivity index (χ4v) is 4.62. The molecule has 0 radical (unpaired) electrons. The molecule has 0 bridgehead atoms. The number of nitrogens with zero attached hydrogens (tertiary/aromatic N) is 1. The fourth-order valence-electron chi connectivity index (χ4n) is 3.34. The predicted molar refractivity (Wildman–Crippen MR) is 145 cm³/mol. The first-order valence-electron chi connectivity index (χ1n) is 11.1. The van der Waals surface area contributed by atoms with Gasteiger partial charge in [-0.1, -0.05) is 46.6 Å². The average molecular weight is 604 g/mol. The standard InChI is InChI=1S/C26H20BrClN2O6S/c1-2-11-35-25(33)19-12-17(7-9-20(19)28)29-23(31)14-30-24(32)22(37-26(30)34)13-18-8-10-21(36-18)15-3-5-16(27)6-4-15/h3-10,12-13H,2,11,14H2,1H3,(H,29,31)/b22-13+. The van der Waals surface area contributed by atoms with Crippen LogP contribution in [0.3, 0.4) is 0 Å². The minimum Gasteiger partial charge on any atom is -0.462 e. The molecular formula is C26H20BrClN2O6S. The largest absolute Gasteiger partial charge is 0.462 e. The van der Waals surface area contributed by atoms with Gasteiger partial charge < -0.3 is 14.5 Å². The van der Waals surface area contributed by atoms with Gasteiger partial charge in [0.05, 0.1) is 22.1 Å². The molecule has 0 saturated carbocycles. The first kappa shape index (κ1) is 26.7. The zero-order valence-corrected chi connectivity index (χ0v) is 22.6. The highest BCUT2D eigenvalue weighted by Crippen LogP contribution is 2.33. The van der Waals surface area contributed by atoms with Crippen molar-refractivity contribution in [2.24, 2.45) is 0 Å². The summed E-state index contributed by atoms with van der Waals surface area (Å²) in [5, 5.41) is 2.18. The van der Waals surface area contributed by atoms with Crippen molar-refractivity contribution in [3.63, 3.8) is 0 Å². The molecule has 2 aromatic carbocycles. The number of ether oxygens (including phenoxy) is 1. The molecule has 11 heteroatoms. The topological polar surface area (TPSA) is 106 Å². The van der Waals surface area contributed by atoms with Gasteiger partial charge in [-0.2, -0.15) is 0 Å². The Morgan fingerprint density at radius 3 is 2.62 bits per heavy atom. The maximum absolute atomic E-state index is 12.8. The summed E-state index contributed by atoms with van der Waals surface area (Å²) < 4.78 is 11.8. The summed E-state index contributed by atoms with van der Waals surface area (Å²) in [4.78, 5) is 51.0. The molecule has 1 N–H and O–H groups in total. The van der Waals surface area contributed by atoms with Crippen LogP contribution in [0.15, 0.2) is 68.4 Å². The Balaban J connectivity index is 1.41. The van der Waals surface area contributed by atoms with Crippen molar-refractivity contribution in [3.8, 4) is 11.3 Å². The highest BCUT2D eigenvalue weighted by atomic mass is 79.9. The van der Waals surface area contributed by atoms with E-state index in [0.29, 0.717) is 17.9 Å². The summed E-state index contributed by atoms with van der Waals surface area (Å²) in [6, 6.07) is 15.3. The molecule has 1 saturated heterocycles. The van der Waals surface area contributed by atoms with Crippen molar-refractivity contribution in [3.05, 3.63) is 80.3 Å². The Morgan fingerprint density at radius 2 is 1.89 bits per heavy atom. The van der Waals surface area contributed by atoms with Crippen LogP contribution in [0.2, 0.25) is 5.02 Å². The molecule has 0 unspecified atom stereocenters. The van der Waals surface area contributed by atoms with E-state index < -0.39 is 29.6 Å². The smallest absolute Gasteiger partial charge is 0.339 e. The number of furan rings is 1. The van der Waals surface area contributed by atoms with Crippen LogP contribution in [0.25, 0.3) is 17.4 Å². The van der Waals surface area contributed by atoms with Crippen molar-refractivity contribution in [2.75, 3.05) is 18.5 Å². The third-order valence-corrected chi connectivity index (χ3v) is 6.88. The molecule has 1 aromatic heterocycles. The molecule has 190 valence electrons. The Hall–Kier alpha value is -3.34. The number of benzene rings is 2. The summed E-state index contributed by atoms with van der Waals surface area (Å²) in [5.41, 5.74) is 1.23. The zero-order valence-electron chi connectivity index (χ0n) is 19.5. The average Bonchev–Trinajstić information content (AvgIpc) is 3.44. The number of anilines is 1. The van der Waals surface area contributed by atoms with E-state index in [0.717, 1.165) is 26.7 Å². The Bertz CT molecular complexity index is 1400. The Labute approximate surface area is 230 Å². The van der Waals surface area contributed by atoms with Crippen LogP contribution < -0.4 is 5.32 Å². The highest BCUT2D eigenvalue weighted by molar-refractivity contribution is 9.10. The molecule has 0 atom stereocenters. The molecule has 1 fully saturated rings. The van der Waals surface area contributed by atoms with Gasteiger partial charge in [0.2, 0.25) is 5.91 Å². The second kappa shape index (κ2) is 11.8. The van der Waals surface area contributed by atoms with Gasteiger partial charge in [0.15, 0.2) is 0 Å². The van der Waals surface area contributed by atoms with E-state index in [1.54, 1.807) is 12.1 Å². The summed E-state index contributed by atoms with van der Waals surface area (Å²) >= 11 is 10.2. The van der Waals surface area contributed by atoms with Crippen LogP contribution in [0.4, 0.5) is 10.5 Å². The molecule has 3 aromatic rings. The van der Waals surface area contributed by atoms with Crippen LogP contribution in [-0.4, -0.2) is 41.1 Å². The van der Waals surface area contributed by atoms with Crippen molar-refractivity contribution in [1.29, 1.82) is 0 Å². The second-order valence-corrected chi connectivity index (χ2v) is 10.2. The summed E-state index contributed by atoms with van der Waals surface area (Å²) in [7, 11) is 0. The van der Waals surface area contributed by atoms with Gasteiger partial charge in [0.1, 0.15) is 18.1 Å². The van der Waals surface area contributed by atoms with Gasteiger partial charge in [-0.3, -0.25) is 19.3 Å². The number of halogens is 2. The summed E-state index contributed by atoms with van der Waals surface area (Å²) in [6.07, 6.45) is 2.12. The number of carbonyl (C=O) groups is 4. The number of imide groups is 1. The summed E-state index contributed by atoms with van der Waals surface area (Å²) in [5.74, 6) is -0.823. The van der Waals surface area contributed by atoms with Crippen LogP contribution >= 0.6 is 39.3 Å². The van der Waals surface area contributed by atoms with Gasteiger partial charge in [-0.15, -0.1) is 0 Å². The lowest BCUT2D eigenvalue weighted by atomic mass is 10.2. The third-order valence-electron chi connectivity index (χ3n) is 5.11. The number of carbonyl (C=O) groups excluding carboxylic acids is 4. The van der Waals surface area contributed by atoms with Crippen LogP contribution in [-0.2, 0) is 14.3 Å². The maximum Gasteiger partial charge on any atom is 0.339 e. The number of amides is 3. The normalized spacial score (nSPS) is 14.4. The molecular weight excluding hydrogens is 584 g/mol. The van der Waals surface area contributed by atoms with E-state index in [9.17, 15) is 19.2 Å². The number of rotatable bonds is 8. The maximum atomic E-state index is 12.8. The lowest BCUT2D eigenvalue weighted by Crippen LogP contribution is -2.36. The van der Waals surface area contributed by atoms with Crippen molar-refractivity contribution >= 4 is 74.1 Å². The molecule has 0 spiro atoms. The fraction of sp³-hybridized carbons (Fsp3) is 0.154. The monoisotopic (exact) mass is 602 g/mol. The number of thioether (sulfide) groups is 1. The van der Waals surface area contributed by atoms with E-state index in [4.69, 9.17) is 20.8 Å². The van der Waals surface area contributed by atoms with E-state index in [1.165, 1.54) is 24.3 Å². The third kappa shape index (κ3) is 6.51. The second-order valence-electron chi connectivity index (χ2n) is 7.86. The molecule has 8 nitrogen and oxygen atoms in total. The number of hydrogen-bond donors (Lipinski definition) is 1. The molecule has 3 amide bonds. The molecule has 1 aliphatic rings. The SMILES string of the molecule is CCCOC(=O)c1cc(NC(=O)CN2C(=O)S/C(=C/c3ccc(-c4ccc(Br)cc4)o3)C2=O)ccc1Cl. The zero-order chi connectivity index (χ0) is 26.5. The van der Waals surface area contributed by atoms with E-state index in [-0.39, 0.29) is 27.8 Å². The molecule has 4 rings (SSSR count). The van der Waals surface area contributed by atoms with Crippen LogP contribution in [0, 0.1) is 0 Å². The number of esters is 1.